The molecule has 0 aliphatic heterocycles. The molecule has 0 aromatic heterocycles. The Morgan fingerprint density at radius 1 is 1.30 bits per heavy atom. The van der Waals surface area contributed by atoms with Crippen molar-refractivity contribution < 1.29 is 4.74 Å². The predicted molar refractivity (Wildman–Crippen MR) is 85.8 cm³/mol. The highest BCUT2D eigenvalue weighted by atomic mass is 35.5. The molecule has 2 rings (SSSR count). The Labute approximate surface area is 127 Å². The minimum atomic E-state index is -0.0182. The number of rotatable bonds is 5. The molecule has 0 amide bonds. The zero-order valence-corrected chi connectivity index (χ0v) is 13.8. The lowest BCUT2D eigenvalue weighted by molar-refractivity contribution is -0.0152. The van der Waals surface area contributed by atoms with Gasteiger partial charge in [-0.25, -0.2) is 0 Å². The van der Waals surface area contributed by atoms with Gasteiger partial charge in [-0.2, -0.15) is 0 Å². The van der Waals surface area contributed by atoms with Gasteiger partial charge in [-0.15, -0.1) is 0 Å². The maximum atomic E-state index is 6.29. The average molecular weight is 296 g/mol. The maximum absolute atomic E-state index is 6.29. The zero-order valence-electron chi connectivity index (χ0n) is 13.1. The number of halogens is 1. The van der Waals surface area contributed by atoms with Crippen LogP contribution in [0.1, 0.15) is 52.0 Å². The van der Waals surface area contributed by atoms with E-state index >= 15 is 0 Å². The Hall–Kier alpha value is -0.730. The van der Waals surface area contributed by atoms with Crippen molar-refractivity contribution in [2.75, 3.05) is 6.54 Å². The zero-order chi connectivity index (χ0) is 14.8. The predicted octanol–water partition coefficient (Wildman–Crippen LogP) is 4.73. The molecule has 0 unspecified atom stereocenters. The van der Waals surface area contributed by atoms with Crippen LogP contribution in [0.25, 0.3) is 0 Å². The second kappa shape index (κ2) is 5.95. The van der Waals surface area contributed by atoms with E-state index in [0.29, 0.717) is 5.02 Å². The second-order valence-electron chi connectivity index (χ2n) is 7.00. The summed E-state index contributed by atoms with van der Waals surface area (Å²) in [5, 5.41) is 4.26. The quantitative estimate of drug-likeness (QED) is 0.848. The molecule has 0 heterocycles. The Balaban J connectivity index is 1.99. The van der Waals surface area contributed by atoms with Gasteiger partial charge in [0.05, 0.1) is 5.02 Å². The molecule has 0 bridgehead atoms. The summed E-state index contributed by atoms with van der Waals surface area (Å²) in [7, 11) is 0. The Morgan fingerprint density at radius 2 is 2.00 bits per heavy atom. The summed E-state index contributed by atoms with van der Waals surface area (Å²) < 4.78 is 6.29. The third-order valence-electron chi connectivity index (χ3n) is 3.91. The number of nitrogens with one attached hydrogen (secondary N) is 1. The molecule has 20 heavy (non-hydrogen) atoms. The van der Waals surface area contributed by atoms with Crippen molar-refractivity contribution in [2.24, 2.45) is 0 Å². The van der Waals surface area contributed by atoms with Crippen LogP contribution in [0.15, 0.2) is 18.2 Å². The smallest absolute Gasteiger partial charge is 0.138 e. The van der Waals surface area contributed by atoms with Gasteiger partial charge in [-0.1, -0.05) is 17.7 Å². The van der Waals surface area contributed by atoms with E-state index in [9.17, 15) is 0 Å². The van der Waals surface area contributed by atoms with Crippen LogP contribution in [0.3, 0.4) is 0 Å². The standard InChI is InChI=1S/C17H26ClNO/c1-13-6-7-14(18)15(12-13)20-17(8-5-9-17)10-11-19-16(2,3)4/h6-7,12,19H,5,8-11H2,1-4H3. The fourth-order valence-corrected chi connectivity index (χ4v) is 2.72. The van der Waals surface area contributed by atoms with Crippen molar-refractivity contribution in [2.45, 2.75) is 64.5 Å². The molecular weight excluding hydrogens is 270 g/mol. The average Bonchev–Trinajstić information content (AvgIpc) is 2.28. The van der Waals surface area contributed by atoms with Crippen LogP contribution in [0.2, 0.25) is 5.02 Å². The van der Waals surface area contributed by atoms with Crippen LogP contribution in [-0.2, 0) is 0 Å². The number of aryl methyl sites for hydroxylation is 1. The number of hydrogen-bond acceptors (Lipinski definition) is 2. The van der Waals surface area contributed by atoms with E-state index in [1.165, 1.54) is 12.0 Å². The van der Waals surface area contributed by atoms with Crippen molar-refractivity contribution in [3.05, 3.63) is 28.8 Å². The molecule has 1 aliphatic carbocycles. The SMILES string of the molecule is Cc1ccc(Cl)c(OC2(CCNC(C)(C)C)CCC2)c1. The summed E-state index contributed by atoms with van der Waals surface area (Å²) in [4.78, 5) is 0. The maximum Gasteiger partial charge on any atom is 0.138 e. The van der Waals surface area contributed by atoms with E-state index in [0.717, 1.165) is 31.6 Å². The first kappa shape index (κ1) is 15.7. The fraction of sp³-hybridized carbons (Fsp3) is 0.647. The molecule has 0 spiro atoms. The van der Waals surface area contributed by atoms with Crippen LogP contribution in [0.5, 0.6) is 5.75 Å². The highest BCUT2D eigenvalue weighted by Gasteiger charge is 2.39. The molecule has 1 aromatic carbocycles. The molecule has 0 atom stereocenters. The summed E-state index contributed by atoms with van der Waals surface area (Å²) in [5.74, 6) is 0.835. The third-order valence-corrected chi connectivity index (χ3v) is 4.23. The van der Waals surface area contributed by atoms with Gasteiger partial charge in [0.25, 0.3) is 0 Å². The molecule has 3 heteroatoms. The van der Waals surface area contributed by atoms with Crippen molar-refractivity contribution in [1.82, 2.24) is 5.32 Å². The van der Waals surface area contributed by atoms with Gasteiger partial charge in [-0.3, -0.25) is 0 Å². The summed E-state index contributed by atoms with van der Waals surface area (Å²) in [6.07, 6.45) is 4.54. The van der Waals surface area contributed by atoms with Gasteiger partial charge < -0.3 is 10.1 Å². The molecule has 0 saturated heterocycles. The first-order valence-corrected chi connectivity index (χ1v) is 7.88. The van der Waals surface area contributed by atoms with Crippen molar-refractivity contribution in [3.63, 3.8) is 0 Å². The van der Waals surface area contributed by atoms with Gasteiger partial charge in [0.15, 0.2) is 0 Å². The molecular formula is C17H26ClNO. The Morgan fingerprint density at radius 3 is 2.55 bits per heavy atom. The van der Waals surface area contributed by atoms with Gasteiger partial charge in [0.1, 0.15) is 11.4 Å². The summed E-state index contributed by atoms with van der Waals surface area (Å²) in [6.45, 7) is 9.63. The molecule has 0 radical (unpaired) electrons. The Kier molecular flexibility index (Phi) is 4.66. The van der Waals surface area contributed by atoms with E-state index in [1.807, 2.05) is 18.2 Å². The lowest BCUT2D eigenvalue weighted by Gasteiger charge is -2.43. The fourth-order valence-electron chi connectivity index (χ4n) is 2.56. The lowest BCUT2D eigenvalue weighted by atomic mass is 9.77. The Bertz CT molecular complexity index is 461. The van der Waals surface area contributed by atoms with E-state index < -0.39 is 0 Å². The molecule has 2 nitrogen and oxygen atoms in total. The van der Waals surface area contributed by atoms with Crippen LogP contribution in [0.4, 0.5) is 0 Å². The van der Waals surface area contributed by atoms with E-state index in [2.05, 4.69) is 33.0 Å². The summed E-state index contributed by atoms with van der Waals surface area (Å²) in [6, 6.07) is 5.98. The van der Waals surface area contributed by atoms with Crippen molar-refractivity contribution in [3.8, 4) is 5.75 Å². The molecule has 112 valence electrons. The second-order valence-corrected chi connectivity index (χ2v) is 7.41. The van der Waals surface area contributed by atoms with Gasteiger partial charge in [0.2, 0.25) is 0 Å². The van der Waals surface area contributed by atoms with Gasteiger partial charge in [-0.05, 0) is 77.6 Å². The third kappa shape index (κ3) is 4.13. The summed E-state index contributed by atoms with van der Waals surface area (Å²) in [5.41, 5.74) is 1.33. The van der Waals surface area contributed by atoms with E-state index in [-0.39, 0.29) is 11.1 Å². The van der Waals surface area contributed by atoms with E-state index in [1.54, 1.807) is 0 Å². The lowest BCUT2D eigenvalue weighted by Crippen LogP contribution is -2.47. The van der Waals surface area contributed by atoms with Crippen molar-refractivity contribution >= 4 is 11.6 Å². The minimum absolute atomic E-state index is 0.0182. The molecule has 1 aromatic rings. The van der Waals surface area contributed by atoms with Gasteiger partial charge in [0, 0.05) is 5.54 Å². The van der Waals surface area contributed by atoms with Crippen LogP contribution >= 0.6 is 11.6 Å². The van der Waals surface area contributed by atoms with Gasteiger partial charge >= 0.3 is 0 Å². The highest BCUT2D eigenvalue weighted by Crippen LogP contribution is 2.41. The highest BCUT2D eigenvalue weighted by molar-refractivity contribution is 6.32. The topological polar surface area (TPSA) is 21.3 Å². The number of hydrogen-bond donors (Lipinski definition) is 1. The molecule has 1 N–H and O–H groups in total. The van der Waals surface area contributed by atoms with Crippen LogP contribution < -0.4 is 10.1 Å². The monoisotopic (exact) mass is 295 g/mol. The normalized spacial score (nSPS) is 17.6. The van der Waals surface area contributed by atoms with Crippen LogP contribution in [-0.4, -0.2) is 17.7 Å². The van der Waals surface area contributed by atoms with Crippen LogP contribution in [0, 0.1) is 6.92 Å². The molecule has 1 aliphatic rings. The van der Waals surface area contributed by atoms with E-state index in [4.69, 9.17) is 16.3 Å². The molecule has 1 fully saturated rings. The number of ether oxygens (including phenoxy) is 1. The van der Waals surface area contributed by atoms with Crippen molar-refractivity contribution in [1.29, 1.82) is 0 Å². The number of benzene rings is 1. The first-order chi connectivity index (χ1) is 9.30. The first-order valence-electron chi connectivity index (χ1n) is 7.50. The largest absolute Gasteiger partial charge is 0.486 e. The minimum Gasteiger partial charge on any atom is -0.486 e. The summed E-state index contributed by atoms with van der Waals surface area (Å²) >= 11 is 6.25. The molecule has 1 saturated carbocycles.